The van der Waals surface area contributed by atoms with E-state index in [0.29, 0.717) is 18.7 Å². The SMILES string of the molecule is CCCCNC(=NC)NCc1cccc(C(=O)NCC)c1. The highest BCUT2D eigenvalue weighted by Gasteiger charge is 2.05. The highest BCUT2D eigenvalue weighted by atomic mass is 16.1. The van der Waals surface area contributed by atoms with Crippen LogP contribution in [0.15, 0.2) is 29.3 Å². The molecule has 0 spiro atoms. The van der Waals surface area contributed by atoms with Gasteiger partial charge >= 0.3 is 0 Å². The number of aliphatic imine (C=N–C) groups is 1. The molecule has 1 aromatic rings. The lowest BCUT2D eigenvalue weighted by Gasteiger charge is -2.12. The molecule has 0 aromatic heterocycles. The molecule has 0 saturated carbocycles. The summed E-state index contributed by atoms with van der Waals surface area (Å²) in [7, 11) is 1.76. The Labute approximate surface area is 127 Å². The van der Waals surface area contributed by atoms with Gasteiger partial charge in [0.2, 0.25) is 0 Å². The molecule has 0 aliphatic heterocycles. The number of hydrogen-bond acceptors (Lipinski definition) is 2. The molecule has 0 aliphatic rings. The number of nitrogens with zero attached hydrogens (tertiary/aromatic N) is 1. The molecule has 0 atom stereocenters. The van der Waals surface area contributed by atoms with Crippen LogP contribution in [0.25, 0.3) is 0 Å². The third kappa shape index (κ3) is 6.29. The molecule has 1 aromatic carbocycles. The first kappa shape index (κ1) is 17.0. The van der Waals surface area contributed by atoms with Crippen molar-refractivity contribution in [2.75, 3.05) is 20.1 Å². The number of benzene rings is 1. The number of amides is 1. The van der Waals surface area contributed by atoms with E-state index in [9.17, 15) is 4.79 Å². The molecule has 1 amide bonds. The van der Waals surface area contributed by atoms with Gasteiger partial charge in [0.25, 0.3) is 5.91 Å². The van der Waals surface area contributed by atoms with Crippen molar-refractivity contribution >= 4 is 11.9 Å². The average molecular weight is 290 g/mol. The van der Waals surface area contributed by atoms with Crippen molar-refractivity contribution in [2.45, 2.75) is 33.2 Å². The third-order valence-electron chi connectivity index (χ3n) is 3.03. The molecular weight excluding hydrogens is 264 g/mol. The predicted molar refractivity (Wildman–Crippen MR) is 87.6 cm³/mol. The molecule has 0 heterocycles. The summed E-state index contributed by atoms with van der Waals surface area (Å²) < 4.78 is 0. The van der Waals surface area contributed by atoms with Gasteiger partial charge < -0.3 is 16.0 Å². The van der Waals surface area contributed by atoms with Gasteiger partial charge in [-0.2, -0.15) is 0 Å². The Balaban J connectivity index is 2.54. The van der Waals surface area contributed by atoms with Crippen LogP contribution in [0.5, 0.6) is 0 Å². The Morgan fingerprint density at radius 3 is 2.67 bits per heavy atom. The lowest BCUT2D eigenvalue weighted by atomic mass is 10.1. The number of nitrogens with one attached hydrogen (secondary N) is 3. The van der Waals surface area contributed by atoms with Crippen LogP contribution in [-0.4, -0.2) is 32.0 Å². The zero-order valence-electron chi connectivity index (χ0n) is 13.2. The number of guanidine groups is 1. The molecule has 5 nitrogen and oxygen atoms in total. The van der Waals surface area contributed by atoms with Crippen LogP contribution in [0.3, 0.4) is 0 Å². The number of hydrogen-bond donors (Lipinski definition) is 3. The van der Waals surface area contributed by atoms with E-state index in [0.717, 1.165) is 30.9 Å². The topological polar surface area (TPSA) is 65.5 Å². The fraction of sp³-hybridized carbons (Fsp3) is 0.500. The zero-order chi connectivity index (χ0) is 15.5. The van der Waals surface area contributed by atoms with Crippen molar-refractivity contribution < 1.29 is 4.79 Å². The Hall–Kier alpha value is -2.04. The first-order valence-corrected chi connectivity index (χ1v) is 7.52. The molecule has 0 saturated heterocycles. The van der Waals surface area contributed by atoms with Crippen LogP contribution in [-0.2, 0) is 6.54 Å². The van der Waals surface area contributed by atoms with E-state index >= 15 is 0 Å². The summed E-state index contributed by atoms with van der Waals surface area (Å²) in [5.74, 6) is 0.747. The van der Waals surface area contributed by atoms with Crippen molar-refractivity contribution in [3.05, 3.63) is 35.4 Å². The van der Waals surface area contributed by atoms with E-state index in [4.69, 9.17) is 0 Å². The van der Waals surface area contributed by atoms with Crippen molar-refractivity contribution in [3.8, 4) is 0 Å². The van der Waals surface area contributed by atoms with Crippen molar-refractivity contribution in [1.82, 2.24) is 16.0 Å². The fourth-order valence-corrected chi connectivity index (χ4v) is 1.88. The standard InChI is InChI=1S/C16H26N4O/c1-4-6-10-19-16(17-3)20-12-13-8-7-9-14(11-13)15(21)18-5-2/h7-9,11H,4-6,10,12H2,1-3H3,(H,18,21)(H2,17,19,20). The summed E-state index contributed by atoms with van der Waals surface area (Å²) in [6.07, 6.45) is 2.27. The van der Waals surface area contributed by atoms with E-state index in [-0.39, 0.29) is 5.91 Å². The molecule has 5 heteroatoms. The molecule has 0 bridgehead atoms. The van der Waals surface area contributed by atoms with Crippen LogP contribution in [0.1, 0.15) is 42.6 Å². The van der Waals surface area contributed by atoms with Gasteiger partial charge in [-0.15, -0.1) is 0 Å². The zero-order valence-corrected chi connectivity index (χ0v) is 13.2. The second-order valence-electron chi connectivity index (χ2n) is 4.77. The molecule has 0 radical (unpaired) electrons. The maximum atomic E-state index is 11.8. The third-order valence-corrected chi connectivity index (χ3v) is 3.03. The lowest BCUT2D eigenvalue weighted by Crippen LogP contribution is -2.37. The van der Waals surface area contributed by atoms with Crippen LogP contribution < -0.4 is 16.0 Å². The molecule has 0 fully saturated rings. The van der Waals surface area contributed by atoms with E-state index in [2.05, 4.69) is 27.9 Å². The van der Waals surface area contributed by atoms with Gasteiger partial charge in [-0.3, -0.25) is 9.79 Å². The highest BCUT2D eigenvalue weighted by molar-refractivity contribution is 5.94. The normalized spacial score (nSPS) is 11.1. The quantitative estimate of drug-likeness (QED) is 0.408. The number of unbranched alkanes of at least 4 members (excludes halogenated alkanes) is 1. The minimum Gasteiger partial charge on any atom is -0.356 e. The predicted octanol–water partition coefficient (Wildman–Crippen LogP) is 1.90. The molecule has 0 unspecified atom stereocenters. The summed E-state index contributed by atoms with van der Waals surface area (Å²) in [6, 6.07) is 7.62. The van der Waals surface area contributed by atoms with Gasteiger partial charge in [0.1, 0.15) is 0 Å². The van der Waals surface area contributed by atoms with E-state index in [1.165, 1.54) is 0 Å². The molecule has 3 N–H and O–H groups in total. The van der Waals surface area contributed by atoms with Gasteiger partial charge in [0.15, 0.2) is 5.96 Å². The summed E-state index contributed by atoms with van der Waals surface area (Å²) >= 11 is 0. The van der Waals surface area contributed by atoms with Crippen molar-refractivity contribution in [2.24, 2.45) is 4.99 Å². The van der Waals surface area contributed by atoms with Crippen LogP contribution in [0.2, 0.25) is 0 Å². The summed E-state index contributed by atoms with van der Waals surface area (Å²) in [5, 5.41) is 9.31. The second kappa shape index (κ2) is 9.80. The van der Waals surface area contributed by atoms with Gasteiger partial charge in [-0.05, 0) is 31.0 Å². The molecular formula is C16H26N4O. The molecule has 21 heavy (non-hydrogen) atoms. The van der Waals surface area contributed by atoms with Gasteiger partial charge in [-0.1, -0.05) is 25.5 Å². The first-order chi connectivity index (χ1) is 10.2. The van der Waals surface area contributed by atoms with Crippen molar-refractivity contribution in [3.63, 3.8) is 0 Å². The molecule has 116 valence electrons. The Bertz CT molecular complexity index is 471. The summed E-state index contributed by atoms with van der Waals surface area (Å²) in [5.41, 5.74) is 1.74. The molecule has 0 aliphatic carbocycles. The van der Waals surface area contributed by atoms with Crippen LogP contribution in [0, 0.1) is 0 Å². The van der Waals surface area contributed by atoms with Crippen LogP contribution >= 0.6 is 0 Å². The van der Waals surface area contributed by atoms with Gasteiger partial charge in [-0.25, -0.2) is 0 Å². The van der Waals surface area contributed by atoms with Crippen LogP contribution in [0.4, 0.5) is 0 Å². The highest BCUT2D eigenvalue weighted by Crippen LogP contribution is 2.05. The minimum atomic E-state index is -0.0372. The van der Waals surface area contributed by atoms with Gasteiger partial charge in [0, 0.05) is 32.2 Å². The smallest absolute Gasteiger partial charge is 0.251 e. The Kier molecular flexibility index (Phi) is 7.94. The summed E-state index contributed by atoms with van der Waals surface area (Å²) in [6.45, 7) is 6.25. The average Bonchev–Trinajstić information content (AvgIpc) is 2.51. The first-order valence-electron chi connectivity index (χ1n) is 7.52. The Morgan fingerprint density at radius 1 is 1.19 bits per heavy atom. The number of rotatable bonds is 7. The number of carbonyl (C=O) groups excluding carboxylic acids is 1. The lowest BCUT2D eigenvalue weighted by molar-refractivity contribution is 0.0955. The summed E-state index contributed by atoms with van der Waals surface area (Å²) in [4.78, 5) is 16.0. The van der Waals surface area contributed by atoms with E-state index in [1.54, 1.807) is 7.05 Å². The maximum absolute atomic E-state index is 11.8. The number of carbonyl (C=O) groups is 1. The van der Waals surface area contributed by atoms with Gasteiger partial charge in [0.05, 0.1) is 0 Å². The van der Waals surface area contributed by atoms with E-state index < -0.39 is 0 Å². The van der Waals surface area contributed by atoms with Crippen molar-refractivity contribution in [1.29, 1.82) is 0 Å². The minimum absolute atomic E-state index is 0.0372. The fourth-order valence-electron chi connectivity index (χ4n) is 1.88. The second-order valence-corrected chi connectivity index (χ2v) is 4.77. The molecule has 1 rings (SSSR count). The van der Waals surface area contributed by atoms with E-state index in [1.807, 2.05) is 31.2 Å². The largest absolute Gasteiger partial charge is 0.356 e. The Morgan fingerprint density at radius 2 is 2.00 bits per heavy atom. The maximum Gasteiger partial charge on any atom is 0.251 e. The monoisotopic (exact) mass is 290 g/mol.